The lowest BCUT2D eigenvalue weighted by atomic mass is 9.90. The fraction of sp³-hybridized carbons (Fsp3) is 0.635. The molecule has 4 rings (SSSR count). The van der Waals surface area contributed by atoms with Crippen LogP contribution in [-0.2, 0) is 111 Å². The van der Waals surface area contributed by atoms with Crippen LogP contribution >= 0.6 is 33.3 Å². The first-order valence-electron chi connectivity index (χ1n) is 37.7. The van der Waals surface area contributed by atoms with Crippen molar-refractivity contribution in [1.29, 1.82) is 5.41 Å². The third kappa shape index (κ3) is 46.6. The summed E-state index contributed by atoms with van der Waals surface area (Å²) in [5.41, 5.74) is 6.76. The van der Waals surface area contributed by atoms with Crippen LogP contribution in [0.2, 0.25) is 0 Å². The molecule has 2 fully saturated rings. The summed E-state index contributed by atoms with van der Waals surface area (Å²) in [5, 5.41) is 45.3. The number of carbonyl (C=O) groups excluding carboxylic acids is 12. The van der Waals surface area contributed by atoms with Crippen molar-refractivity contribution >= 4 is 122 Å². The average molecular weight is 1650 g/mol. The van der Waals surface area contributed by atoms with Gasteiger partial charge in [0.05, 0.1) is 128 Å². The van der Waals surface area contributed by atoms with E-state index in [0.717, 1.165) is 39.8 Å². The van der Waals surface area contributed by atoms with Crippen molar-refractivity contribution in [3.05, 3.63) is 71.5 Å². The van der Waals surface area contributed by atoms with Crippen molar-refractivity contribution in [2.24, 2.45) is 28.6 Å². The second-order valence-corrected chi connectivity index (χ2v) is 29.6. The molecule has 630 valence electrons. The number of amides is 8. The molecule has 2 saturated heterocycles. The van der Waals surface area contributed by atoms with Crippen LogP contribution < -0.4 is 53.6 Å². The average Bonchev–Trinajstić information content (AvgIpc) is 1.35. The first kappa shape index (κ1) is 97.1. The van der Waals surface area contributed by atoms with Crippen LogP contribution in [0, 0.1) is 29.0 Å². The molecule has 13 N–H and O–H groups in total. The van der Waals surface area contributed by atoms with Crippen LogP contribution in [0.5, 0.6) is 0 Å². The molecule has 2 aliphatic rings. The number of carboxylic acids is 1. The molecule has 2 bridgehead atoms. The van der Waals surface area contributed by atoms with Crippen LogP contribution in [0.1, 0.15) is 95.1 Å². The lowest BCUT2D eigenvalue weighted by Crippen LogP contribution is -2.53. The Kier molecular flexibility index (Phi) is 51.8. The van der Waals surface area contributed by atoms with Gasteiger partial charge in [-0.3, -0.25) is 67.7 Å². The molecular formula is C74H111FN12O23S3. The SMILES string of the molecule is CCCOCCOCCCC(=O)[C@@H]1CSCC(=O)N[C@@H](CCCCNC(=O)COCC(=O)NCCOCCOCCOCCOCCOCCNC(=O)CO/N=C/c2ccc([18F])cc2)C(=O)N[C@H]2CSSC[C@H](NC(=O)[C@H](CC(=O)O)CC(=O)CNC(=O)[C@H](CCCNC(=N)N)CC2=O)C(=O)C[C@@H](Cc2ccccc2)C(=O)N1. The van der Waals surface area contributed by atoms with Crippen molar-refractivity contribution in [2.75, 3.05) is 168 Å². The second-order valence-electron chi connectivity index (χ2n) is 26.0. The van der Waals surface area contributed by atoms with E-state index in [4.69, 9.17) is 53.9 Å². The molecule has 2 aliphatic heterocycles. The third-order valence-electron chi connectivity index (χ3n) is 16.7. The van der Waals surface area contributed by atoms with E-state index in [9.17, 15) is 71.8 Å². The number of fused-ring (bicyclic) bond motifs is 5. The number of ether oxygens (including phenoxy) is 8. The normalized spacial score (nSPS) is 19.5. The van der Waals surface area contributed by atoms with Crippen molar-refractivity contribution in [3.8, 4) is 0 Å². The van der Waals surface area contributed by atoms with Gasteiger partial charge in [0, 0.05) is 94.2 Å². The number of nitrogens with zero attached hydrogens (tertiary/aromatic N) is 1. The highest BCUT2D eigenvalue weighted by atomic mass is 33.1. The van der Waals surface area contributed by atoms with Crippen LogP contribution in [0.3, 0.4) is 0 Å². The third-order valence-corrected chi connectivity index (χ3v) is 20.1. The molecule has 2 heterocycles. The fourth-order valence-corrected chi connectivity index (χ4v) is 14.1. The second kappa shape index (κ2) is 60.3. The number of thioether (sulfide) groups is 1. The van der Waals surface area contributed by atoms with Crippen molar-refractivity contribution in [3.63, 3.8) is 0 Å². The summed E-state index contributed by atoms with van der Waals surface area (Å²) in [6, 6.07) is 8.99. The van der Waals surface area contributed by atoms with Crippen molar-refractivity contribution < 1.29 is 115 Å². The Labute approximate surface area is 669 Å². The number of aliphatic carboxylic acids is 1. The van der Waals surface area contributed by atoms with E-state index in [1.54, 1.807) is 30.3 Å². The van der Waals surface area contributed by atoms with Crippen LogP contribution in [-0.4, -0.2) is 286 Å². The predicted octanol–water partition coefficient (Wildman–Crippen LogP) is 0.491. The number of guanidine groups is 1. The standard InChI is InChI=1S/C74H111FN12O23S3/c1-2-23-102-27-28-103-24-9-14-62(89)59-47-111-50-68(95)84-58(13-6-7-19-78-65(92)44-109-45-66(93)79-21-25-104-29-31-106-33-35-108-36-34-107-32-30-105-26-22-80-67(94)46-110-83-42-52-15-17-56(75)18-16-52)73(101)87-61-49-113-112-48-60(64(91)40-54(71(99)85-59)37-51-10-4-3-5-11-51)86-72(100)55(41-69(96)97)38-57(88)43-82-70(98)53(39-63(61)90)12-8-20-81-74(76)77/h3-5,10-11,15-18,42,53-55,58-61H,2,6-9,12-14,19-41,43-50H2,1H3,(H,78,92)(H,79,93)(H,80,94)(H,82,98)(H,84,95)(H,85,99)(H,86,100)(H,87,101)(H,96,97)(H4,76,77,81)/b83-42+/t53-,54-,55+,58+,59+,60+,61+/m1/s1/i75-1. The van der Waals surface area contributed by atoms with Gasteiger partial charge in [0.1, 0.15) is 25.1 Å². The number of oxime groups is 1. The van der Waals surface area contributed by atoms with E-state index in [1.807, 2.05) is 6.92 Å². The highest BCUT2D eigenvalue weighted by molar-refractivity contribution is 8.76. The Morgan fingerprint density at radius 1 is 0.566 bits per heavy atom. The molecule has 39 heteroatoms. The molecule has 7 atom stereocenters. The van der Waals surface area contributed by atoms with Gasteiger partial charge in [-0.1, -0.05) is 76.1 Å². The summed E-state index contributed by atoms with van der Waals surface area (Å²) in [5.74, 6) is -14.7. The number of nitrogens with two attached hydrogens (primary N) is 1. The van der Waals surface area contributed by atoms with Gasteiger partial charge < -0.3 is 101 Å². The predicted molar refractivity (Wildman–Crippen MR) is 418 cm³/mol. The minimum atomic E-state index is -1.53. The molecular weight excluding hydrogens is 1540 g/mol. The lowest BCUT2D eigenvalue weighted by molar-refractivity contribution is -0.142. The molecule has 0 aliphatic carbocycles. The maximum atomic E-state index is 14.8. The number of rotatable bonds is 49. The van der Waals surface area contributed by atoms with Crippen LogP contribution in [0.15, 0.2) is 59.8 Å². The van der Waals surface area contributed by atoms with E-state index in [2.05, 4.69) is 53.0 Å². The minimum Gasteiger partial charge on any atom is -0.481 e. The summed E-state index contributed by atoms with van der Waals surface area (Å²) >= 11 is 0.977. The van der Waals surface area contributed by atoms with Gasteiger partial charge in [-0.25, -0.2) is 4.39 Å². The molecule has 0 saturated carbocycles. The molecule has 35 nitrogen and oxygen atoms in total. The summed E-state index contributed by atoms with van der Waals surface area (Å²) in [6.45, 7) is 5.01. The summed E-state index contributed by atoms with van der Waals surface area (Å²) in [6.07, 6.45) is 0.488. The van der Waals surface area contributed by atoms with Gasteiger partial charge in [-0.2, -0.15) is 0 Å². The molecule has 2 aromatic carbocycles. The maximum Gasteiger partial charge on any atom is 0.304 e. The maximum absolute atomic E-state index is 14.8. The number of Topliss-reactive ketones (excluding diaryl/α,β-unsaturated/α-hetero) is 4. The highest BCUT2D eigenvalue weighted by Crippen LogP contribution is 2.27. The van der Waals surface area contributed by atoms with E-state index in [0.29, 0.717) is 64.0 Å². The zero-order chi connectivity index (χ0) is 82.1. The zero-order valence-electron chi connectivity index (χ0n) is 63.9. The van der Waals surface area contributed by atoms with Gasteiger partial charge in [0.15, 0.2) is 35.7 Å². The van der Waals surface area contributed by atoms with E-state index < -0.39 is 158 Å². The number of hydrogen-bond donors (Lipinski definition) is 12. The molecule has 0 aromatic heterocycles. The Balaban J connectivity index is 1.33. The fourth-order valence-electron chi connectivity index (χ4n) is 10.8. The zero-order valence-corrected chi connectivity index (χ0v) is 66.4. The molecule has 0 unspecified atom stereocenters. The molecule has 2 aromatic rings. The molecule has 0 spiro atoms. The summed E-state index contributed by atoms with van der Waals surface area (Å²) in [4.78, 5) is 183. The number of nitrogens with one attached hydrogen (secondary N) is 10. The molecule has 113 heavy (non-hydrogen) atoms. The summed E-state index contributed by atoms with van der Waals surface area (Å²) < 4.78 is 56.8. The number of ketones is 4. The van der Waals surface area contributed by atoms with Crippen molar-refractivity contribution in [1.82, 2.24) is 47.9 Å². The highest BCUT2D eigenvalue weighted by Gasteiger charge is 2.36. The number of unbranched alkanes of at least 4 members (excludes halogenated alkanes) is 1. The first-order chi connectivity index (χ1) is 54.6. The number of carboxylic acid groups (broad SMARTS) is 1. The van der Waals surface area contributed by atoms with E-state index in [-0.39, 0.29) is 164 Å². The topological polar surface area (TPSA) is 496 Å². The van der Waals surface area contributed by atoms with Gasteiger partial charge in [0.25, 0.3) is 5.91 Å². The summed E-state index contributed by atoms with van der Waals surface area (Å²) in [7, 11) is 2.00. The number of benzene rings is 2. The minimum absolute atomic E-state index is 0.0130. The Morgan fingerprint density at radius 3 is 1.70 bits per heavy atom. The molecule has 8 amide bonds. The van der Waals surface area contributed by atoms with Gasteiger partial charge in [-0.05, 0) is 74.6 Å². The smallest absolute Gasteiger partial charge is 0.304 e. The van der Waals surface area contributed by atoms with Crippen LogP contribution in [0.25, 0.3) is 0 Å². The Bertz CT molecular complexity index is 3290. The Morgan fingerprint density at radius 2 is 1.11 bits per heavy atom. The van der Waals surface area contributed by atoms with Crippen LogP contribution in [0.4, 0.5) is 4.39 Å². The largest absolute Gasteiger partial charge is 0.481 e. The molecule has 0 radical (unpaired) electrons. The lowest BCUT2D eigenvalue weighted by Gasteiger charge is -2.26. The van der Waals surface area contributed by atoms with Crippen molar-refractivity contribution in [2.45, 2.75) is 115 Å². The number of carbonyl (C=O) groups is 13. The van der Waals surface area contributed by atoms with E-state index >= 15 is 0 Å². The van der Waals surface area contributed by atoms with Gasteiger partial charge in [0.2, 0.25) is 41.4 Å². The first-order valence-corrected chi connectivity index (χ1v) is 41.3. The monoisotopic (exact) mass is 1650 g/mol. The number of halogens is 1. The quantitative estimate of drug-likeness (QED) is 0.0141. The Hall–Kier alpha value is -8.25. The van der Waals surface area contributed by atoms with E-state index in [1.165, 1.54) is 30.5 Å². The van der Waals surface area contributed by atoms with Gasteiger partial charge >= 0.3 is 5.97 Å². The van der Waals surface area contributed by atoms with Gasteiger partial charge in [-0.15, -0.1) is 11.8 Å². The number of hydrogen-bond acceptors (Lipinski definition) is 27.